The maximum atomic E-state index is 12.9. The number of sulfonamides is 1. The van der Waals surface area contributed by atoms with E-state index in [9.17, 15) is 18.0 Å². The van der Waals surface area contributed by atoms with E-state index in [2.05, 4.69) is 10.6 Å². The lowest BCUT2D eigenvalue weighted by atomic mass is 10.0. The zero-order valence-corrected chi connectivity index (χ0v) is 14.9. The first-order valence-electron chi connectivity index (χ1n) is 8.51. The van der Waals surface area contributed by atoms with Gasteiger partial charge in [-0.15, -0.1) is 0 Å². The molecule has 0 saturated carbocycles. The molecule has 10 heteroatoms. The van der Waals surface area contributed by atoms with Gasteiger partial charge in [0.05, 0.1) is 16.5 Å². The number of amides is 2. The molecule has 0 spiro atoms. The molecular formula is C16H20N4O5S. The Hall–Kier alpha value is -2.17. The largest absolute Gasteiger partial charge is 0.482 e. The number of rotatable bonds is 3. The molecule has 1 aromatic rings. The minimum absolute atomic E-state index is 0.0161. The Labute approximate surface area is 151 Å². The summed E-state index contributed by atoms with van der Waals surface area (Å²) in [5.41, 5.74) is 0.355. The summed E-state index contributed by atoms with van der Waals surface area (Å²) in [6.45, 7) is 2.60. The molecule has 0 unspecified atom stereocenters. The van der Waals surface area contributed by atoms with Crippen LogP contribution < -0.4 is 15.4 Å². The first-order valence-corrected chi connectivity index (χ1v) is 9.95. The van der Waals surface area contributed by atoms with Gasteiger partial charge >= 0.3 is 0 Å². The number of nitrogens with one attached hydrogen (secondary N) is 2. The summed E-state index contributed by atoms with van der Waals surface area (Å²) >= 11 is 0. The van der Waals surface area contributed by atoms with Gasteiger partial charge in [0.25, 0.3) is 5.91 Å². The van der Waals surface area contributed by atoms with Crippen molar-refractivity contribution in [1.29, 1.82) is 0 Å². The molecule has 2 N–H and O–H groups in total. The molecular weight excluding hydrogens is 360 g/mol. The lowest BCUT2D eigenvalue weighted by molar-refractivity contribution is -0.138. The van der Waals surface area contributed by atoms with Gasteiger partial charge in [-0.25, -0.2) is 8.42 Å². The minimum atomic E-state index is -3.70. The van der Waals surface area contributed by atoms with Gasteiger partial charge in [0, 0.05) is 39.3 Å². The molecule has 2 amide bonds. The van der Waals surface area contributed by atoms with E-state index >= 15 is 0 Å². The van der Waals surface area contributed by atoms with Gasteiger partial charge in [0.2, 0.25) is 15.9 Å². The van der Waals surface area contributed by atoms with Gasteiger partial charge < -0.3 is 20.3 Å². The predicted octanol–water partition coefficient (Wildman–Crippen LogP) is -0.930. The number of piperazine rings is 1. The number of hydrogen-bond acceptors (Lipinski definition) is 6. The molecule has 0 aliphatic carbocycles. The van der Waals surface area contributed by atoms with E-state index in [0.29, 0.717) is 37.6 Å². The lowest BCUT2D eigenvalue weighted by Gasteiger charge is -2.38. The van der Waals surface area contributed by atoms with E-state index in [1.54, 1.807) is 11.0 Å². The third-order valence-electron chi connectivity index (χ3n) is 4.90. The highest BCUT2D eigenvalue weighted by atomic mass is 32.2. The van der Waals surface area contributed by atoms with Gasteiger partial charge in [-0.1, -0.05) is 0 Å². The molecule has 2 saturated heterocycles. The number of carbonyl (C=O) groups is 2. The third-order valence-corrected chi connectivity index (χ3v) is 6.80. The Morgan fingerprint density at radius 2 is 1.88 bits per heavy atom. The zero-order valence-electron chi connectivity index (χ0n) is 14.1. The normalized spacial score (nSPS) is 21.4. The van der Waals surface area contributed by atoms with Crippen LogP contribution in [0.25, 0.3) is 0 Å². The summed E-state index contributed by atoms with van der Waals surface area (Å²) in [5, 5.41) is 5.69. The SMILES string of the molecule is O=C1COc2ccc(S(=O)(=O)N3CCN(C(=O)C4CNC4)CC3)cc2N1. The maximum Gasteiger partial charge on any atom is 0.262 e. The molecule has 3 heterocycles. The van der Waals surface area contributed by atoms with Crippen molar-refractivity contribution in [1.82, 2.24) is 14.5 Å². The predicted molar refractivity (Wildman–Crippen MR) is 92.3 cm³/mol. The number of hydrogen-bond donors (Lipinski definition) is 2. The molecule has 0 radical (unpaired) electrons. The van der Waals surface area contributed by atoms with Crippen LogP contribution in [0.1, 0.15) is 0 Å². The molecule has 1 aromatic carbocycles. The molecule has 2 fully saturated rings. The number of carbonyl (C=O) groups excluding carboxylic acids is 2. The highest BCUT2D eigenvalue weighted by Gasteiger charge is 2.34. The fraction of sp³-hybridized carbons (Fsp3) is 0.500. The van der Waals surface area contributed by atoms with Crippen LogP contribution in [0.15, 0.2) is 23.1 Å². The van der Waals surface area contributed by atoms with Crippen LogP contribution in [0.3, 0.4) is 0 Å². The standard InChI is InChI=1S/C16H20N4O5S/c21-15-10-25-14-2-1-12(7-13(14)18-15)26(23,24)20-5-3-19(4-6-20)16(22)11-8-17-9-11/h1-2,7,11,17H,3-6,8-10H2,(H,18,21). The molecule has 26 heavy (non-hydrogen) atoms. The van der Waals surface area contributed by atoms with Gasteiger partial charge in [0.1, 0.15) is 5.75 Å². The second-order valence-electron chi connectivity index (χ2n) is 6.58. The quantitative estimate of drug-likeness (QED) is 0.702. The fourth-order valence-electron chi connectivity index (χ4n) is 3.24. The topological polar surface area (TPSA) is 108 Å². The monoisotopic (exact) mass is 380 g/mol. The molecule has 4 rings (SSSR count). The number of benzene rings is 1. The summed E-state index contributed by atoms with van der Waals surface area (Å²) in [4.78, 5) is 25.5. The molecule has 0 atom stereocenters. The first kappa shape index (κ1) is 17.3. The van der Waals surface area contributed by atoms with E-state index in [-0.39, 0.29) is 42.3 Å². The summed E-state index contributed by atoms with van der Waals surface area (Å²) in [6.07, 6.45) is 0. The van der Waals surface area contributed by atoms with Crippen molar-refractivity contribution in [2.24, 2.45) is 5.92 Å². The Morgan fingerprint density at radius 3 is 2.54 bits per heavy atom. The van der Waals surface area contributed by atoms with Crippen LogP contribution in [-0.2, 0) is 19.6 Å². The van der Waals surface area contributed by atoms with Gasteiger partial charge in [-0.2, -0.15) is 4.31 Å². The van der Waals surface area contributed by atoms with Gasteiger partial charge in [-0.3, -0.25) is 9.59 Å². The number of nitrogens with zero attached hydrogens (tertiary/aromatic N) is 2. The van der Waals surface area contributed by atoms with Crippen molar-refractivity contribution in [3.05, 3.63) is 18.2 Å². The minimum Gasteiger partial charge on any atom is -0.482 e. The Morgan fingerprint density at radius 1 is 1.15 bits per heavy atom. The average molecular weight is 380 g/mol. The van der Waals surface area contributed by atoms with Crippen molar-refractivity contribution >= 4 is 27.5 Å². The summed E-state index contributed by atoms with van der Waals surface area (Å²) < 4.78 is 32.4. The van der Waals surface area contributed by atoms with Crippen molar-refractivity contribution in [2.75, 3.05) is 51.2 Å². The summed E-state index contributed by atoms with van der Waals surface area (Å²) in [6, 6.07) is 4.44. The third kappa shape index (κ3) is 3.04. The summed E-state index contributed by atoms with van der Waals surface area (Å²) in [7, 11) is -3.70. The number of fused-ring (bicyclic) bond motifs is 1. The van der Waals surface area contributed by atoms with E-state index in [1.807, 2.05) is 0 Å². The molecule has 9 nitrogen and oxygen atoms in total. The fourth-order valence-corrected chi connectivity index (χ4v) is 4.69. The van der Waals surface area contributed by atoms with Crippen LogP contribution in [0.4, 0.5) is 5.69 Å². The number of ether oxygens (including phenoxy) is 1. The Bertz CT molecular complexity index is 844. The average Bonchev–Trinajstić information content (AvgIpc) is 2.59. The first-order chi connectivity index (χ1) is 12.4. The van der Waals surface area contributed by atoms with Gasteiger partial charge in [0.15, 0.2) is 6.61 Å². The Balaban J connectivity index is 1.47. The zero-order chi connectivity index (χ0) is 18.3. The summed E-state index contributed by atoms with van der Waals surface area (Å²) in [5.74, 6) is 0.245. The van der Waals surface area contributed by atoms with Crippen molar-refractivity contribution < 1.29 is 22.7 Å². The van der Waals surface area contributed by atoms with Crippen LogP contribution >= 0.6 is 0 Å². The highest BCUT2D eigenvalue weighted by molar-refractivity contribution is 7.89. The molecule has 140 valence electrons. The highest BCUT2D eigenvalue weighted by Crippen LogP contribution is 2.31. The Kier molecular flexibility index (Phi) is 4.33. The number of anilines is 1. The van der Waals surface area contributed by atoms with Crippen LogP contribution in [0.5, 0.6) is 5.75 Å². The van der Waals surface area contributed by atoms with Crippen molar-refractivity contribution in [3.8, 4) is 5.75 Å². The van der Waals surface area contributed by atoms with E-state index in [1.165, 1.54) is 16.4 Å². The maximum absolute atomic E-state index is 12.9. The van der Waals surface area contributed by atoms with Crippen LogP contribution in [0, 0.1) is 5.92 Å². The van der Waals surface area contributed by atoms with Crippen LogP contribution in [0.2, 0.25) is 0 Å². The van der Waals surface area contributed by atoms with E-state index in [0.717, 1.165) is 0 Å². The van der Waals surface area contributed by atoms with E-state index in [4.69, 9.17) is 4.74 Å². The van der Waals surface area contributed by atoms with Crippen molar-refractivity contribution in [2.45, 2.75) is 4.90 Å². The van der Waals surface area contributed by atoms with Gasteiger partial charge in [-0.05, 0) is 18.2 Å². The smallest absolute Gasteiger partial charge is 0.262 e. The van der Waals surface area contributed by atoms with Crippen molar-refractivity contribution in [3.63, 3.8) is 0 Å². The second-order valence-corrected chi connectivity index (χ2v) is 8.52. The molecule has 3 aliphatic rings. The molecule has 0 aromatic heterocycles. The molecule has 0 bridgehead atoms. The second kappa shape index (κ2) is 6.53. The van der Waals surface area contributed by atoms with Crippen LogP contribution in [-0.4, -0.2) is 75.3 Å². The lowest BCUT2D eigenvalue weighted by Crippen LogP contribution is -2.57. The van der Waals surface area contributed by atoms with E-state index < -0.39 is 10.0 Å². The molecule has 3 aliphatic heterocycles.